The van der Waals surface area contributed by atoms with E-state index in [4.69, 9.17) is 5.73 Å². The molecule has 1 aromatic carbocycles. The molecule has 0 aliphatic carbocycles. The van der Waals surface area contributed by atoms with Gasteiger partial charge in [-0.05, 0) is 17.5 Å². The molecule has 1 aromatic rings. The Morgan fingerprint density at radius 3 is 2.47 bits per heavy atom. The number of aliphatic hydroxyl groups excluding tert-OH is 1. The van der Waals surface area contributed by atoms with E-state index in [0.29, 0.717) is 0 Å². The van der Waals surface area contributed by atoms with Crippen molar-refractivity contribution in [2.45, 2.75) is 32.3 Å². The molecule has 3 N–H and O–H groups in total. The van der Waals surface area contributed by atoms with Crippen LogP contribution in [0.1, 0.15) is 31.7 Å². The number of rotatable bonds is 5. The molecule has 0 radical (unpaired) electrons. The molecule has 2 nitrogen and oxygen atoms in total. The van der Waals surface area contributed by atoms with E-state index in [1.807, 2.05) is 13.8 Å². The lowest BCUT2D eigenvalue weighted by Crippen LogP contribution is -2.31. The number of benzene rings is 1. The fraction of sp³-hybridized carbons (Fsp3) is 0.538. The summed E-state index contributed by atoms with van der Waals surface area (Å²) in [5.41, 5.74) is 5.86. The van der Waals surface area contributed by atoms with E-state index in [1.165, 1.54) is 12.1 Å². The summed E-state index contributed by atoms with van der Waals surface area (Å²) < 4.78 is 26.4. The lowest BCUT2D eigenvalue weighted by molar-refractivity contribution is 0.0873. The highest BCUT2D eigenvalue weighted by molar-refractivity contribution is 5.24. The highest BCUT2D eigenvalue weighted by Gasteiger charge is 2.26. The topological polar surface area (TPSA) is 46.2 Å². The summed E-state index contributed by atoms with van der Waals surface area (Å²) in [6.45, 7) is 3.96. The maximum atomic E-state index is 13.6. The molecule has 0 saturated carbocycles. The van der Waals surface area contributed by atoms with Crippen molar-refractivity contribution in [3.63, 3.8) is 0 Å². The lowest BCUT2D eigenvalue weighted by atomic mass is 9.85. The number of halogens is 2. The van der Waals surface area contributed by atoms with Crippen molar-refractivity contribution < 1.29 is 13.9 Å². The van der Waals surface area contributed by atoms with Crippen LogP contribution in [-0.4, -0.2) is 17.8 Å². The van der Waals surface area contributed by atoms with Crippen LogP contribution in [0.5, 0.6) is 0 Å². The summed E-state index contributed by atoms with van der Waals surface area (Å²) in [6.07, 6.45) is 0.0606. The summed E-state index contributed by atoms with van der Waals surface area (Å²) in [5, 5.41) is 10.1. The smallest absolute Gasteiger partial charge is 0.129 e. The first kappa shape index (κ1) is 14.1. The van der Waals surface area contributed by atoms with Crippen molar-refractivity contribution in [2.75, 3.05) is 6.54 Å². The average Bonchev–Trinajstić information content (AvgIpc) is 2.31. The molecule has 4 heteroatoms. The van der Waals surface area contributed by atoms with Crippen LogP contribution in [0.3, 0.4) is 0 Å². The molecular formula is C13H19F2NO. The van der Waals surface area contributed by atoms with Gasteiger partial charge in [0.15, 0.2) is 0 Å². The van der Waals surface area contributed by atoms with Gasteiger partial charge in [0.2, 0.25) is 0 Å². The van der Waals surface area contributed by atoms with Gasteiger partial charge in [-0.2, -0.15) is 0 Å². The average molecular weight is 243 g/mol. The third-order valence-corrected chi connectivity index (χ3v) is 3.26. The number of aliphatic hydroxyl groups is 1. The highest BCUT2D eigenvalue weighted by Crippen LogP contribution is 2.27. The Hall–Kier alpha value is -1.00. The molecule has 0 aliphatic rings. The Morgan fingerprint density at radius 1 is 1.35 bits per heavy atom. The largest absolute Gasteiger partial charge is 0.392 e. The summed E-state index contributed by atoms with van der Waals surface area (Å²) in [4.78, 5) is 0. The molecule has 0 bridgehead atoms. The van der Waals surface area contributed by atoms with Crippen molar-refractivity contribution in [3.05, 3.63) is 35.4 Å². The minimum Gasteiger partial charge on any atom is -0.392 e. The van der Waals surface area contributed by atoms with Crippen molar-refractivity contribution in [1.82, 2.24) is 0 Å². The van der Waals surface area contributed by atoms with E-state index in [2.05, 4.69) is 0 Å². The molecule has 0 fully saturated rings. The molecular weight excluding hydrogens is 224 g/mol. The molecule has 3 atom stereocenters. The molecule has 0 heterocycles. The Labute approximate surface area is 100 Å². The molecule has 0 aliphatic heterocycles. The van der Waals surface area contributed by atoms with Crippen LogP contribution in [0.2, 0.25) is 0 Å². The van der Waals surface area contributed by atoms with Gasteiger partial charge in [-0.1, -0.05) is 26.3 Å². The van der Waals surface area contributed by atoms with Crippen molar-refractivity contribution >= 4 is 0 Å². The summed E-state index contributed by atoms with van der Waals surface area (Å²) in [7, 11) is 0. The van der Waals surface area contributed by atoms with E-state index in [1.54, 1.807) is 0 Å². The quantitative estimate of drug-likeness (QED) is 0.834. The van der Waals surface area contributed by atoms with Crippen LogP contribution in [0.15, 0.2) is 18.2 Å². The molecule has 0 saturated heterocycles. The van der Waals surface area contributed by atoms with Gasteiger partial charge in [0.25, 0.3) is 0 Å². The molecule has 0 aromatic heterocycles. The second kappa shape index (κ2) is 6.07. The van der Waals surface area contributed by atoms with E-state index >= 15 is 0 Å². The monoisotopic (exact) mass is 243 g/mol. The van der Waals surface area contributed by atoms with Gasteiger partial charge in [0, 0.05) is 18.5 Å². The Morgan fingerprint density at radius 2 is 2.00 bits per heavy atom. The van der Waals surface area contributed by atoms with E-state index in [0.717, 1.165) is 12.5 Å². The second-order valence-electron chi connectivity index (χ2n) is 4.38. The predicted octanol–water partition coefficient (Wildman–Crippen LogP) is 2.41. The Balaban J connectivity index is 3.01. The molecule has 17 heavy (non-hydrogen) atoms. The van der Waals surface area contributed by atoms with Crippen molar-refractivity contribution in [2.24, 2.45) is 11.7 Å². The molecule has 1 rings (SSSR count). The Kier molecular flexibility index (Phi) is 5.02. The van der Waals surface area contributed by atoms with E-state index in [-0.39, 0.29) is 18.0 Å². The third kappa shape index (κ3) is 3.23. The van der Waals surface area contributed by atoms with Crippen LogP contribution < -0.4 is 5.73 Å². The maximum Gasteiger partial charge on any atom is 0.129 e. The van der Waals surface area contributed by atoms with E-state index < -0.39 is 23.7 Å². The fourth-order valence-corrected chi connectivity index (χ4v) is 1.89. The zero-order chi connectivity index (χ0) is 13.0. The first-order valence-electron chi connectivity index (χ1n) is 5.84. The van der Waals surface area contributed by atoms with Crippen LogP contribution in [0, 0.1) is 17.6 Å². The van der Waals surface area contributed by atoms with Crippen molar-refractivity contribution in [1.29, 1.82) is 0 Å². The minimum absolute atomic E-state index is 0.0213. The zero-order valence-corrected chi connectivity index (χ0v) is 10.2. The first-order valence-corrected chi connectivity index (χ1v) is 5.84. The second-order valence-corrected chi connectivity index (χ2v) is 4.38. The Bertz CT molecular complexity index is 370. The van der Waals surface area contributed by atoms with Crippen LogP contribution in [-0.2, 0) is 0 Å². The molecule has 0 spiro atoms. The summed E-state index contributed by atoms with van der Waals surface area (Å²) >= 11 is 0. The molecule has 96 valence electrons. The van der Waals surface area contributed by atoms with Crippen LogP contribution in [0.4, 0.5) is 8.78 Å². The molecule has 3 unspecified atom stereocenters. The van der Waals surface area contributed by atoms with Gasteiger partial charge in [-0.15, -0.1) is 0 Å². The van der Waals surface area contributed by atoms with Gasteiger partial charge in [-0.3, -0.25) is 0 Å². The third-order valence-electron chi connectivity index (χ3n) is 3.26. The maximum absolute atomic E-state index is 13.6. The minimum atomic E-state index is -0.718. The van der Waals surface area contributed by atoms with Gasteiger partial charge in [-0.25, -0.2) is 8.78 Å². The summed E-state index contributed by atoms with van der Waals surface area (Å²) in [5.74, 6) is -1.75. The van der Waals surface area contributed by atoms with Gasteiger partial charge in [0.1, 0.15) is 11.6 Å². The number of nitrogens with two attached hydrogens (primary N) is 1. The normalized spacial score (nSPS) is 16.6. The fourth-order valence-electron chi connectivity index (χ4n) is 1.89. The zero-order valence-electron chi connectivity index (χ0n) is 10.2. The van der Waals surface area contributed by atoms with Gasteiger partial charge < -0.3 is 10.8 Å². The molecule has 0 amide bonds. The van der Waals surface area contributed by atoms with Crippen LogP contribution >= 0.6 is 0 Å². The van der Waals surface area contributed by atoms with Gasteiger partial charge >= 0.3 is 0 Å². The first-order chi connectivity index (χ1) is 8.01. The van der Waals surface area contributed by atoms with Crippen molar-refractivity contribution in [3.8, 4) is 0 Å². The van der Waals surface area contributed by atoms with Gasteiger partial charge in [0.05, 0.1) is 6.10 Å². The number of hydrogen-bond acceptors (Lipinski definition) is 2. The van der Waals surface area contributed by atoms with E-state index in [9.17, 15) is 13.9 Å². The SMILES string of the molecule is CCC(C)C(O)C(CN)c1ccc(F)cc1F. The highest BCUT2D eigenvalue weighted by atomic mass is 19.1. The van der Waals surface area contributed by atoms with Crippen LogP contribution in [0.25, 0.3) is 0 Å². The standard InChI is InChI=1S/C13H19F2NO/c1-3-8(2)13(17)11(7-16)10-5-4-9(14)6-12(10)15/h4-6,8,11,13,17H,3,7,16H2,1-2H3. The summed E-state index contributed by atoms with van der Waals surface area (Å²) in [6, 6.07) is 3.36. The lowest BCUT2D eigenvalue weighted by Gasteiger charge is -2.26. The number of hydrogen-bond donors (Lipinski definition) is 2. The predicted molar refractivity (Wildman–Crippen MR) is 63.6 cm³/mol.